The Morgan fingerprint density at radius 3 is 2.63 bits per heavy atom. The van der Waals surface area contributed by atoms with E-state index in [1.54, 1.807) is 36.5 Å². The van der Waals surface area contributed by atoms with Crippen LogP contribution in [0.1, 0.15) is 0 Å². The van der Waals surface area contributed by atoms with E-state index >= 15 is 0 Å². The molecule has 0 saturated heterocycles. The van der Waals surface area contributed by atoms with Crippen molar-refractivity contribution in [2.45, 2.75) is 0 Å². The van der Waals surface area contributed by atoms with Gasteiger partial charge in [-0.2, -0.15) is 4.98 Å². The summed E-state index contributed by atoms with van der Waals surface area (Å²) in [5.74, 6) is 0.577. The molecule has 0 radical (unpaired) electrons. The Labute approximate surface area is 113 Å². The number of hydrogen-bond donors (Lipinski definition) is 1. The van der Waals surface area contributed by atoms with E-state index in [4.69, 9.17) is 16.1 Å². The van der Waals surface area contributed by atoms with E-state index in [9.17, 15) is 5.11 Å². The molecule has 6 heteroatoms. The van der Waals surface area contributed by atoms with Crippen LogP contribution in [0, 0.1) is 0 Å². The van der Waals surface area contributed by atoms with Crippen LogP contribution in [0.15, 0.2) is 47.1 Å². The van der Waals surface area contributed by atoms with Crippen molar-refractivity contribution in [2.24, 2.45) is 0 Å². The molecule has 1 N–H and O–H groups in total. The summed E-state index contributed by atoms with van der Waals surface area (Å²) in [5, 5.41) is 14.2. The smallest absolute Gasteiger partial charge is 0.280 e. The molecule has 0 aliphatic rings. The first-order valence-corrected chi connectivity index (χ1v) is 5.86. The molecule has 2 heterocycles. The van der Waals surface area contributed by atoms with Crippen LogP contribution in [0.3, 0.4) is 0 Å². The third-order valence-electron chi connectivity index (χ3n) is 2.52. The van der Waals surface area contributed by atoms with Crippen molar-refractivity contribution in [1.29, 1.82) is 0 Å². The molecule has 3 rings (SSSR count). The number of hydrogen-bond acceptors (Lipinski definition) is 5. The maximum absolute atomic E-state index is 9.67. The minimum atomic E-state index is -0.00574. The second-order valence-corrected chi connectivity index (χ2v) is 4.24. The minimum Gasteiger partial charge on any atom is -0.505 e. The number of aromatic hydroxyl groups is 1. The quantitative estimate of drug-likeness (QED) is 0.776. The molecule has 3 aromatic rings. The summed E-state index contributed by atoms with van der Waals surface area (Å²) in [6, 6.07) is 10.2. The average Bonchev–Trinajstić information content (AvgIpc) is 2.89. The number of aromatic nitrogens is 3. The van der Waals surface area contributed by atoms with Crippen LogP contribution in [0.2, 0.25) is 5.02 Å². The van der Waals surface area contributed by atoms with E-state index in [-0.39, 0.29) is 17.3 Å². The minimum absolute atomic E-state index is 0.00574. The third-order valence-corrected chi connectivity index (χ3v) is 2.77. The first kappa shape index (κ1) is 11.7. The van der Waals surface area contributed by atoms with Crippen molar-refractivity contribution in [3.05, 3.63) is 47.6 Å². The predicted molar refractivity (Wildman–Crippen MR) is 69.6 cm³/mol. The lowest BCUT2D eigenvalue weighted by atomic mass is 10.2. The monoisotopic (exact) mass is 273 g/mol. The van der Waals surface area contributed by atoms with E-state index in [1.165, 1.54) is 6.07 Å². The Morgan fingerprint density at radius 1 is 1.11 bits per heavy atom. The van der Waals surface area contributed by atoms with Gasteiger partial charge >= 0.3 is 0 Å². The van der Waals surface area contributed by atoms with E-state index in [2.05, 4.69) is 15.1 Å². The lowest BCUT2D eigenvalue weighted by Crippen LogP contribution is -1.84. The molecule has 2 aromatic heterocycles. The molecular weight excluding hydrogens is 266 g/mol. The summed E-state index contributed by atoms with van der Waals surface area (Å²) in [6.07, 6.45) is 1.54. The summed E-state index contributed by atoms with van der Waals surface area (Å²) in [6.45, 7) is 0. The largest absolute Gasteiger partial charge is 0.505 e. The van der Waals surface area contributed by atoms with Crippen molar-refractivity contribution < 1.29 is 9.63 Å². The second kappa shape index (κ2) is 4.70. The molecule has 0 spiro atoms. The molecular formula is C13H8ClN3O2. The molecule has 0 bridgehead atoms. The molecule has 0 aliphatic carbocycles. The van der Waals surface area contributed by atoms with Gasteiger partial charge in [-0.3, -0.25) is 0 Å². The number of nitrogens with zero attached hydrogens (tertiary/aromatic N) is 3. The first-order valence-electron chi connectivity index (χ1n) is 5.48. The Morgan fingerprint density at radius 2 is 1.89 bits per heavy atom. The topological polar surface area (TPSA) is 72.0 Å². The lowest BCUT2D eigenvalue weighted by molar-refractivity contribution is 0.423. The standard InChI is InChI=1S/C13H8ClN3O2/c14-9-5-3-8(4-6-9)12-16-13(19-17-12)11-10(18)2-1-7-15-11/h1-7,18H. The molecule has 94 valence electrons. The molecule has 0 unspecified atom stereocenters. The van der Waals surface area contributed by atoms with Gasteiger partial charge in [0.2, 0.25) is 5.82 Å². The van der Waals surface area contributed by atoms with Gasteiger partial charge in [0.05, 0.1) is 0 Å². The maximum atomic E-state index is 9.67. The fourth-order valence-corrected chi connectivity index (χ4v) is 1.72. The highest BCUT2D eigenvalue weighted by Crippen LogP contribution is 2.27. The molecule has 5 nitrogen and oxygen atoms in total. The zero-order valence-corrected chi connectivity index (χ0v) is 10.4. The summed E-state index contributed by atoms with van der Waals surface area (Å²) >= 11 is 5.81. The SMILES string of the molecule is Oc1cccnc1-c1nc(-c2ccc(Cl)cc2)no1. The highest BCUT2D eigenvalue weighted by Gasteiger charge is 2.14. The van der Waals surface area contributed by atoms with Crippen LogP contribution >= 0.6 is 11.6 Å². The Balaban J connectivity index is 2.00. The van der Waals surface area contributed by atoms with Gasteiger partial charge in [-0.1, -0.05) is 16.8 Å². The summed E-state index contributed by atoms with van der Waals surface area (Å²) in [5.41, 5.74) is 1.03. The van der Waals surface area contributed by atoms with Crippen molar-refractivity contribution in [1.82, 2.24) is 15.1 Å². The van der Waals surface area contributed by atoms with Gasteiger partial charge in [-0.15, -0.1) is 0 Å². The van der Waals surface area contributed by atoms with Crippen LogP contribution < -0.4 is 0 Å². The predicted octanol–water partition coefficient (Wildman–Crippen LogP) is 3.16. The summed E-state index contributed by atoms with van der Waals surface area (Å²) in [4.78, 5) is 8.20. The molecule has 19 heavy (non-hydrogen) atoms. The normalized spacial score (nSPS) is 10.6. The van der Waals surface area contributed by atoms with E-state index in [0.29, 0.717) is 10.8 Å². The van der Waals surface area contributed by atoms with Crippen LogP contribution in [-0.4, -0.2) is 20.2 Å². The van der Waals surface area contributed by atoms with Gasteiger partial charge in [0.1, 0.15) is 5.75 Å². The van der Waals surface area contributed by atoms with E-state index < -0.39 is 0 Å². The Bertz CT molecular complexity index is 710. The van der Waals surface area contributed by atoms with Crippen LogP contribution in [0.5, 0.6) is 5.75 Å². The highest BCUT2D eigenvalue weighted by molar-refractivity contribution is 6.30. The number of benzene rings is 1. The Hall–Kier alpha value is -2.40. The molecule has 0 atom stereocenters. The van der Waals surface area contributed by atoms with Crippen molar-refractivity contribution in [3.8, 4) is 28.7 Å². The molecule has 0 fully saturated rings. The molecule has 0 saturated carbocycles. The van der Waals surface area contributed by atoms with Gasteiger partial charge in [-0.05, 0) is 36.4 Å². The molecule has 0 aliphatic heterocycles. The number of halogens is 1. The van der Waals surface area contributed by atoms with Gasteiger partial charge in [-0.25, -0.2) is 4.98 Å². The fraction of sp³-hybridized carbons (Fsp3) is 0. The highest BCUT2D eigenvalue weighted by atomic mass is 35.5. The van der Waals surface area contributed by atoms with Crippen LogP contribution in [-0.2, 0) is 0 Å². The fourth-order valence-electron chi connectivity index (χ4n) is 1.60. The summed E-state index contributed by atoms with van der Waals surface area (Å²) < 4.78 is 5.10. The van der Waals surface area contributed by atoms with E-state index in [0.717, 1.165) is 5.56 Å². The Kier molecular flexibility index (Phi) is 2.89. The first-order chi connectivity index (χ1) is 9.24. The van der Waals surface area contributed by atoms with Gasteiger partial charge < -0.3 is 9.63 Å². The van der Waals surface area contributed by atoms with E-state index in [1.807, 2.05) is 0 Å². The zero-order chi connectivity index (χ0) is 13.2. The molecule has 0 amide bonds. The van der Waals surface area contributed by atoms with Gasteiger partial charge in [0.25, 0.3) is 5.89 Å². The maximum Gasteiger partial charge on any atom is 0.280 e. The summed E-state index contributed by atoms with van der Waals surface area (Å²) in [7, 11) is 0. The van der Waals surface area contributed by atoms with Crippen LogP contribution in [0.25, 0.3) is 23.0 Å². The number of rotatable bonds is 2. The zero-order valence-electron chi connectivity index (χ0n) is 9.62. The van der Waals surface area contributed by atoms with Crippen molar-refractivity contribution in [3.63, 3.8) is 0 Å². The number of pyridine rings is 1. The van der Waals surface area contributed by atoms with Gasteiger partial charge in [0, 0.05) is 16.8 Å². The second-order valence-electron chi connectivity index (χ2n) is 3.80. The van der Waals surface area contributed by atoms with Crippen molar-refractivity contribution >= 4 is 11.6 Å². The lowest BCUT2D eigenvalue weighted by Gasteiger charge is -1.95. The third kappa shape index (κ3) is 2.28. The van der Waals surface area contributed by atoms with Crippen molar-refractivity contribution in [2.75, 3.05) is 0 Å². The van der Waals surface area contributed by atoms with Crippen LogP contribution in [0.4, 0.5) is 0 Å². The molecule has 1 aromatic carbocycles. The van der Waals surface area contributed by atoms with Gasteiger partial charge in [0.15, 0.2) is 5.69 Å². The average molecular weight is 274 g/mol.